The lowest BCUT2D eigenvalue weighted by atomic mass is 10.2. The summed E-state index contributed by atoms with van der Waals surface area (Å²) >= 11 is 5.78. The van der Waals surface area contributed by atoms with E-state index in [0.29, 0.717) is 5.69 Å². The third-order valence-electron chi connectivity index (χ3n) is 2.02. The fraction of sp³-hybridized carbons (Fsp3) is 0.273. The standard InChI is InChI=1S/C11H14ClN3O2.ClH/c1-6(13)4-10(16)15-7-2-3-9(12)8(5-7)11(14)17;/h2-3,5-6H,4,13H2,1H3,(H2,14,17)(H,15,16);1H. The number of benzene rings is 1. The van der Waals surface area contributed by atoms with Gasteiger partial charge >= 0.3 is 0 Å². The van der Waals surface area contributed by atoms with Crippen molar-refractivity contribution >= 4 is 41.5 Å². The normalized spacial score (nSPS) is 11.3. The van der Waals surface area contributed by atoms with Gasteiger partial charge in [0.1, 0.15) is 0 Å². The minimum atomic E-state index is -0.640. The van der Waals surface area contributed by atoms with Gasteiger partial charge < -0.3 is 16.8 Å². The number of rotatable bonds is 4. The minimum Gasteiger partial charge on any atom is -0.366 e. The molecule has 2 amide bonds. The second-order valence-corrected chi connectivity index (χ2v) is 4.20. The van der Waals surface area contributed by atoms with Gasteiger partial charge in [-0.2, -0.15) is 0 Å². The molecular formula is C11H15Cl2N3O2. The van der Waals surface area contributed by atoms with Crippen LogP contribution >= 0.6 is 24.0 Å². The lowest BCUT2D eigenvalue weighted by molar-refractivity contribution is -0.116. The van der Waals surface area contributed by atoms with E-state index < -0.39 is 5.91 Å². The number of nitrogens with two attached hydrogens (primary N) is 2. The molecule has 0 aromatic heterocycles. The highest BCUT2D eigenvalue weighted by Crippen LogP contribution is 2.20. The van der Waals surface area contributed by atoms with Gasteiger partial charge in [0.2, 0.25) is 11.8 Å². The maximum atomic E-state index is 11.4. The Hall–Kier alpha value is -1.30. The molecule has 0 spiro atoms. The summed E-state index contributed by atoms with van der Waals surface area (Å²) in [4.78, 5) is 22.5. The monoisotopic (exact) mass is 291 g/mol. The van der Waals surface area contributed by atoms with E-state index in [1.807, 2.05) is 0 Å². The smallest absolute Gasteiger partial charge is 0.250 e. The Morgan fingerprint density at radius 1 is 1.44 bits per heavy atom. The number of halogens is 2. The molecule has 0 bridgehead atoms. The number of anilines is 1. The molecule has 0 saturated heterocycles. The van der Waals surface area contributed by atoms with Crippen LogP contribution in [0.4, 0.5) is 5.69 Å². The molecule has 0 radical (unpaired) electrons. The summed E-state index contributed by atoms with van der Waals surface area (Å²) in [5.41, 5.74) is 11.3. The highest BCUT2D eigenvalue weighted by atomic mass is 35.5. The van der Waals surface area contributed by atoms with Crippen LogP contribution < -0.4 is 16.8 Å². The molecule has 1 atom stereocenters. The lowest BCUT2D eigenvalue weighted by Gasteiger charge is -2.08. The van der Waals surface area contributed by atoms with Crippen LogP contribution in [0, 0.1) is 0 Å². The summed E-state index contributed by atoms with van der Waals surface area (Å²) in [6.45, 7) is 1.73. The van der Waals surface area contributed by atoms with Crippen molar-refractivity contribution in [1.82, 2.24) is 0 Å². The summed E-state index contributed by atoms with van der Waals surface area (Å²) in [7, 11) is 0. The van der Waals surface area contributed by atoms with Crippen molar-refractivity contribution in [2.45, 2.75) is 19.4 Å². The Balaban J connectivity index is 0.00000289. The molecule has 1 aromatic carbocycles. The van der Waals surface area contributed by atoms with Gasteiger partial charge in [0.05, 0.1) is 10.6 Å². The Kier molecular flexibility index (Phi) is 6.68. The predicted molar refractivity (Wildman–Crippen MR) is 74.1 cm³/mol. The molecule has 18 heavy (non-hydrogen) atoms. The molecule has 0 heterocycles. The van der Waals surface area contributed by atoms with Gasteiger partial charge in [-0.05, 0) is 25.1 Å². The van der Waals surface area contributed by atoms with Crippen LogP contribution in [-0.2, 0) is 4.79 Å². The number of amides is 2. The number of carbonyl (C=O) groups is 2. The maximum absolute atomic E-state index is 11.4. The van der Waals surface area contributed by atoms with E-state index in [-0.39, 0.29) is 41.4 Å². The lowest BCUT2D eigenvalue weighted by Crippen LogP contribution is -2.24. The number of hydrogen-bond donors (Lipinski definition) is 3. The Labute approximate surface area is 116 Å². The van der Waals surface area contributed by atoms with Crippen LogP contribution in [0.5, 0.6) is 0 Å². The van der Waals surface area contributed by atoms with Crippen LogP contribution in [0.15, 0.2) is 18.2 Å². The molecule has 0 aliphatic heterocycles. The van der Waals surface area contributed by atoms with Gasteiger partial charge in [-0.15, -0.1) is 12.4 Å². The Morgan fingerprint density at radius 2 is 2.06 bits per heavy atom. The predicted octanol–water partition coefficient (Wildman–Crippen LogP) is 1.54. The van der Waals surface area contributed by atoms with Crippen molar-refractivity contribution in [3.8, 4) is 0 Å². The minimum absolute atomic E-state index is 0. The van der Waals surface area contributed by atoms with Gasteiger partial charge in [0.25, 0.3) is 0 Å². The van der Waals surface area contributed by atoms with Gasteiger partial charge in [-0.3, -0.25) is 9.59 Å². The summed E-state index contributed by atoms with van der Waals surface area (Å²) in [6.07, 6.45) is 0.203. The van der Waals surface area contributed by atoms with Crippen LogP contribution in [-0.4, -0.2) is 17.9 Å². The second-order valence-electron chi connectivity index (χ2n) is 3.79. The van der Waals surface area contributed by atoms with Crippen molar-refractivity contribution in [3.63, 3.8) is 0 Å². The molecule has 5 N–H and O–H groups in total. The van der Waals surface area contributed by atoms with E-state index in [9.17, 15) is 9.59 Å². The van der Waals surface area contributed by atoms with Crippen molar-refractivity contribution < 1.29 is 9.59 Å². The van der Waals surface area contributed by atoms with E-state index in [0.717, 1.165) is 0 Å². The molecule has 5 nitrogen and oxygen atoms in total. The van der Waals surface area contributed by atoms with E-state index >= 15 is 0 Å². The van der Waals surface area contributed by atoms with Crippen LogP contribution in [0.2, 0.25) is 5.02 Å². The summed E-state index contributed by atoms with van der Waals surface area (Å²) in [5, 5.41) is 2.86. The Bertz CT molecular complexity index is 450. The quantitative estimate of drug-likeness (QED) is 0.785. The second kappa shape index (κ2) is 7.20. The maximum Gasteiger partial charge on any atom is 0.250 e. The summed E-state index contributed by atoms with van der Waals surface area (Å²) < 4.78 is 0. The topological polar surface area (TPSA) is 98.2 Å². The molecule has 0 saturated carbocycles. The number of carbonyl (C=O) groups excluding carboxylic acids is 2. The van der Waals surface area contributed by atoms with Crippen molar-refractivity contribution in [3.05, 3.63) is 28.8 Å². The Morgan fingerprint density at radius 3 is 2.56 bits per heavy atom. The third-order valence-corrected chi connectivity index (χ3v) is 2.35. The van der Waals surface area contributed by atoms with Crippen LogP contribution in [0.25, 0.3) is 0 Å². The van der Waals surface area contributed by atoms with Gasteiger partial charge in [-0.25, -0.2) is 0 Å². The highest BCUT2D eigenvalue weighted by molar-refractivity contribution is 6.33. The first-order valence-corrected chi connectivity index (χ1v) is 5.42. The molecular weight excluding hydrogens is 277 g/mol. The average Bonchev–Trinajstić information content (AvgIpc) is 2.19. The first-order chi connectivity index (χ1) is 7.90. The first-order valence-electron chi connectivity index (χ1n) is 5.05. The molecule has 1 unspecified atom stereocenters. The van der Waals surface area contributed by atoms with Crippen LogP contribution in [0.1, 0.15) is 23.7 Å². The van der Waals surface area contributed by atoms with Gasteiger partial charge in [-0.1, -0.05) is 11.6 Å². The zero-order valence-electron chi connectivity index (χ0n) is 9.77. The molecule has 1 rings (SSSR count). The average molecular weight is 292 g/mol. The number of primary amides is 1. The molecule has 7 heteroatoms. The molecule has 0 aliphatic rings. The molecule has 0 fully saturated rings. The van der Waals surface area contributed by atoms with Gasteiger partial charge in [0.15, 0.2) is 0 Å². The largest absolute Gasteiger partial charge is 0.366 e. The fourth-order valence-corrected chi connectivity index (χ4v) is 1.51. The van der Waals surface area contributed by atoms with Gasteiger partial charge in [0, 0.05) is 18.2 Å². The third kappa shape index (κ3) is 4.91. The first kappa shape index (κ1) is 16.7. The van der Waals surface area contributed by atoms with Crippen molar-refractivity contribution in [2.24, 2.45) is 11.5 Å². The van der Waals surface area contributed by atoms with E-state index in [1.165, 1.54) is 12.1 Å². The highest BCUT2D eigenvalue weighted by Gasteiger charge is 2.10. The number of nitrogens with one attached hydrogen (secondary N) is 1. The summed E-state index contributed by atoms with van der Waals surface area (Å²) in [5.74, 6) is -0.865. The molecule has 0 aliphatic carbocycles. The van der Waals surface area contributed by atoms with E-state index in [2.05, 4.69) is 5.32 Å². The molecule has 100 valence electrons. The number of hydrogen-bond acceptors (Lipinski definition) is 3. The summed E-state index contributed by atoms with van der Waals surface area (Å²) in [6, 6.07) is 4.30. The van der Waals surface area contributed by atoms with E-state index in [1.54, 1.807) is 13.0 Å². The van der Waals surface area contributed by atoms with Crippen LogP contribution in [0.3, 0.4) is 0 Å². The zero-order chi connectivity index (χ0) is 13.0. The molecule has 1 aromatic rings. The van der Waals surface area contributed by atoms with Crippen molar-refractivity contribution in [2.75, 3.05) is 5.32 Å². The SMILES string of the molecule is CC(N)CC(=O)Nc1ccc(Cl)c(C(N)=O)c1.Cl. The van der Waals surface area contributed by atoms with Crippen molar-refractivity contribution in [1.29, 1.82) is 0 Å². The van der Waals surface area contributed by atoms with E-state index in [4.69, 9.17) is 23.1 Å². The fourth-order valence-electron chi connectivity index (χ4n) is 1.30. The zero-order valence-corrected chi connectivity index (χ0v) is 11.3.